The number of hydrogen-bond donors (Lipinski definition) is 1. The second-order valence-electron chi connectivity index (χ2n) is 6.65. The van der Waals surface area contributed by atoms with E-state index in [1.165, 1.54) is 27.7 Å². The lowest BCUT2D eigenvalue weighted by Gasteiger charge is -2.08. The number of thiophene rings is 1. The lowest BCUT2D eigenvalue weighted by molar-refractivity contribution is -0.118. The molecule has 4 aromatic rings. The average molecular weight is 456 g/mol. The first-order valence-electron chi connectivity index (χ1n) is 9.21. The van der Waals surface area contributed by atoms with E-state index < -0.39 is 0 Å². The van der Waals surface area contributed by atoms with Crippen molar-refractivity contribution in [1.82, 2.24) is 14.9 Å². The van der Waals surface area contributed by atoms with Crippen LogP contribution >= 0.6 is 34.7 Å². The van der Waals surface area contributed by atoms with Gasteiger partial charge in [-0.2, -0.15) is 0 Å². The Balaban J connectivity index is 1.48. The Morgan fingerprint density at radius 2 is 1.97 bits per heavy atom. The van der Waals surface area contributed by atoms with Crippen molar-refractivity contribution in [2.45, 2.75) is 11.7 Å². The number of carbonyl (C=O) groups excluding carboxylic acids is 1. The standard InChI is InChI=1S/C22H18ClN3O2S2/c1-26-21(28)17-11-18(15-7-3-2-4-8-15)30-20(17)25-22(26)29-13-19(27)24-12-14-6-5-9-16(23)10-14/h2-11H,12-13H2,1H3,(H,24,27). The first kappa shape index (κ1) is 20.7. The summed E-state index contributed by atoms with van der Waals surface area (Å²) in [6, 6.07) is 19.1. The van der Waals surface area contributed by atoms with E-state index in [0.717, 1.165) is 16.0 Å². The number of aromatic nitrogens is 2. The maximum absolute atomic E-state index is 12.8. The van der Waals surface area contributed by atoms with Gasteiger partial charge in [-0.05, 0) is 29.3 Å². The second-order valence-corrected chi connectivity index (χ2v) is 9.06. The Labute approximate surface area is 186 Å². The van der Waals surface area contributed by atoms with Gasteiger partial charge in [0.05, 0.1) is 11.1 Å². The van der Waals surface area contributed by atoms with Crippen molar-refractivity contribution in [2.24, 2.45) is 7.05 Å². The van der Waals surface area contributed by atoms with Crippen molar-refractivity contribution >= 4 is 50.8 Å². The summed E-state index contributed by atoms with van der Waals surface area (Å²) in [7, 11) is 1.68. The van der Waals surface area contributed by atoms with Crippen molar-refractivity contribution in [1.29, 1.82) is 0 Å². The van der Waals surface area contributed by atoms with Gasteiger partial charge in [-0.1, -0.05) is 65.8 Å². The first-order chi connectivity index (χ1) is 14.5. The summed E-state index contributed by atoms with van der Waals surface area (Å²) >= 11 is 8.69. The zero-order valence-electron chi connectivity index (χ0n) is 16.1. The number of fused-ring (bicyclic) bond motifs is 1. The van der Waals surface area contributed by atoms with E-state index in [-0.39, 0.29) is 17.2 Å². The number of amides is 1. The summed E-state index contributed by atoms with van der Waals surface area (Å²) < 4.78 is 1.50. The minimum Gasteiger partial charge on any atom is -0.351 e. The number of nitrogens with zero attached hydrogens (tertiary/aromatic N) is 2. The number of carbonyl (C=O) groups is 1. The van der Waals surface area contributed by atoms with Crippen molar-refractivity contribution in [3.63, 3.8) is 0 Å². The highest BCUT2D eigenvalue weighted by atomic mass is 35.5. The molecular weight excluding hydrogens is 438 g/mol. The Hall–Kier alpha value is -2.61. The van der Waals surface area contributed by atoms with Crippen molar-refractivity contribution < 1.29 is 4.79 Å². The van der Waals surface area contributed by atoms with Crippen LogP contribution in [0, 0.1) is 0 Å². The summed E-state index contributed by atoms with van der Waals surface area (Å²) in [5.74, 6) is 0.0361. The number of hydrogen-bond acceptors (Lipinski definition) is 5. The van der Waals surface area contributed by atoms with Crippen LogP contribution in [0.25, 0.3) is 20.7 Å². The van der Waals surface area contributed by atoms with Crippen LogP contribution in [0.15, 0.2) is 70.6 Å². The molecule has 0 radical (unpaired) electrons. The van der Waals surface area contributed by atoms with Crippen molar-refractivity contribution in [2.75, 3.05) is 5.75 Å². The molecule has 0 aliphatic carbocycles. The van der Waals surface area contributed by atoms with Crippen molar-refractivity contribution in [3.05, 3.63) is 81.6 Å². The number of halogens is 1. The molecule has 0 atom stereocenters. The monoisotopic (exact) mass is 455 g/mol. The van der Waals surface area contributed by atoms with Crippen LogP contribution in [0.4, 0.5) is 0 Å². The van der Waals surface area contributed by atoms with E-state index in [2.05, 4.69) is 10.3 Å². The maximum Gasteiger partial charge on any atom is 0.262 e. The summed E-state index contributed by atoms with van der Waals surface area (Å²) in [6.45, 7) is 0.400. The van der Waals surface area contributed by atoms with Gasteiger partial charge in [-0.25, -0.2) is 4.98 Å². The van der Waals surface area contributed by atoms with Crippen LogP contribution in [-0.2, 0) is 18.4 Å². The molecule has 0 aliphatic heterocycles. The minimum atomic E-state index is -0.134. The molecule has 2 aromatic heterocycles. The van der Waals surface area contributed by atoms with E-state index in [1.54, 1.807) is 13.1 Å². The molecule has 2 aromatic carbocycles. The lowest BCUT2D eigenvalue weighted by atomic mass is 10.2. The van der Waals surface area contributed by atoms with Gasteiger partial charge >= 0.3 is 0 Å². The molecular formula is C22H18ClN3O2S2. The number of benzene rings is 2. The van der Waals surface area contributed by atoms with Crippen LogP contribution in [0.5, 0.6) is 0 Å². The predicted octanol–water partition coefficient (Wildman–Crippen LogP) is 4.72. The van der Waals surface area contributed by atoms with Gasteiger partial charge in [0.2, 0.25) is 5.91 Å². The summed E-state index contributed by atoms with van der Waals surface area (Å²) in [4.78, 5) is 31.3. The quantitative estimate of drug-likeness (QED) is 0.337. The highest BCUT2D eigenvalue weighted by molar-refractivity contribution is 7.99. The third-order valence-corrected chi connectivity index (χ3v) is 6.84. The van der Waals surface area contributed by atoms with Crippen LogP contribution in [0.1, 0.15) is 5.56 Å². The molecule has 1 N–H and O–H groups in total. The molecule has 4 rings (SSSR count). The second kappa shape index (κ2) is 9.04. The highest BCUT2D eigenvalue weighted by Gasteiger charge is 2.14. The predicted molar refractivity (Wildman–Crippen MR) is 124 cm³/mol. The van der Waals surface area contributed by atoms with E-state index in [4.69, 9.17) is 11.6 Å². The van der Waals surface area contributed by atoms with Gasteiger partial charge in [0, 0.05) is 23.5 Å². The molecule has 5 nitrogen and oxygen atoms in total. The van der Waals surface area contributed by atoms with Gasteiger partial charge < -0.3 is 5.32 Å². The van der Waals surface area contributed by atoms with E-state index in [1.807, 2.05) is 54.6 Å². The van der Waals surface area contributed by atoms with Gasteiger partial charge in [0.25, 0.3) is 5.56 Å². The van der Waals surface area contributed by atoms with Crippen molar-refractivity contribution in [3.8, 4) is 10.4 Å². The molecule has 0 bridgehead atoms. The molecule has 30 heavy (non-hydrogen) atoms. The summed E-state index contributed by atoms with van der Waals surface area (Å²) in [6.07, 6.45) is 0. The molecule has 1 amide bonds. The van der Waals surface area contributed by atoms with Gasteiger partial charge in [0.15, 0.2) is 5.16 Å². The minimum absolute atomic E-state index is 0.111. The fourth-order valence-electron chi connectivity index (χ4n) is 2.95. The van der Waals surface area contributed by atoms with E-state index >= 15 is 0 Å². The van der Waals surface area contributed by atoms with Crippen LogP contribution in [0.3, 0.4) is 0 Å². The number of thioether (sulfide) groups is 1. The zero-order valence-corrected chi connectivity index (χ0v) is 18.5. The van der Waals surface area contributed by atoms with E-state index in [9.17, 15) is 9.59 Å². The zero-order chi connectivity index (χ0) is 21.1. The first-order valence-corrected chi connectivity index (χ1v) is 11.4. The van der Waals surface area contributed by atoms with Crippen LogP contribution in [0.2, 0.25) is 5.02 Å². The Morgan fingerprint density at radius 1 is 1.17 bits per heavy atom. The molecule has 0 saturated heterocycles. The third-order valence-electron chi connectivity index (χ3n) is 4.50. The molecule has 8 heteroatoms. The summed E-state index contributed by atoms with van der Waals surface area (Å²) in [5.41, 5.74) is 1.87. The highest BCUT2D eigenvalue weighted by Crippen LogP contribution is 2.31. The van der Waals surface area contributed by atoms with E-state index in [0.29, 0.717) is 26.9 Å². The molecule has 0 aliphatic rings. The number of rotatable bonds is 6. The fourth-order valence-corrected chi connectivity index (χ4v) is 5.04. The molecule has 0 fully saturated rings. The normalized spacial score (nSPS) is 11.0. The lowest BCUT2D eigenvalue weighted by Crippen LogP contribution is -2.25. The van der Waals surface area contributed by atoms with Gasteiger partial charge in [-0.15, -0.1) is 11.3 Å². The van der Waals surface area contributed by atoms with Gasteiger partial charge in [0.1, 0.15) is 4.83 Å². The Kier molecular flexibility index (Phi) is 6.22. The molecule has 2 heterocycles. The molecule has 0 unspecified atom stereocenters. The maximum atomic E-state index is 12.8. The average Bonchev–Trinajstić information content (AvgIpc) is 3.19. The van der Waals surface area contributed by atoms with Crippen LogP contribution in [-0.4, -0.2) is 21.2 Å². The Morgan fingerprint density at radius 3 is 2.73 bits per heavy atom. The molecule has 152 valence electrons. The SMILES string of the molecule is Cn1c(SCC(=O)NCc2cccc(Cl)c2)nc2sc(-c3ccccc3)cc2c1=O. The smallest absolute Gasteiger partial charge is 0.262 e. The third kappa shape index (κ3) is 4.59. The largest absolute Gasteiger partial charge is 0.351 e. The summed E-state index contributed by atoms with van der Waals surface area (Å²) in [5, 5.41) is 4.61. The number of nitrogens with one attached hydrogen (secondary N) is 1. The molecule has 0 spiro atoms. The topological polar surface area (TPSA) is 64.0 Å². The Bertz CT molecular complexity index is 1270. The molecule has 0 saturated carbocycles. The van der Waals surface area contributed by atoms with Crippen LogP contribution < -0.4 is 10.9 Å². The van der Waals surface area contributed by atoms with Gasteiger partial charge in [-0.3, -0.25) is 14.2 Å². The fraction of sp³-hybridized carbons (Fsp3) is 0.136.